The highest BCUT2D eigenvalue weighted by Crippen LogP contribution is 2.40. The smallest absolute Gasteiger partial charge is 0.335 e. The van der Waals surface area contributed by atoms with Crippen LogP contribution in [0.1, 0.15) is 17.8 Å². The Bertz CT molecular complexity index is 499. The standard InChI is InChI=1S/C11H11BrClNO4S/c1-2-14-7(15)4-18-9(11(16)17)8(14)6-3-5(12)10(13)19-6/h3,8-9H,2,4H2,1H3,(H,16,17). The molecule has 1 fully saturated rings. The first kappa shape index (κ1) is 14.8. The number of ether oxygens (including phenoxy) is 1. The van der Waals surface area contributed by atoms with Crippen molar-refractivity contribution in [3.63, 3.8) is 0 Å². The molecule has 5 nitrogen and oxygen atoms in total. The van der Waals surface area contributed by atoms with Gasteiger partial charge in [0.15, 0.2) is 6.10 Å². The number of hydrogen-bond acceptors (Lipinski definition) is 4. The zero-order chi connectivity index (χ0) is 14.2. The Morgan fingerprint density at radius 3 is 2.89 bits per heavy atom. The van der Waals surface area contributed by atoms with Gasteiger partial charge in [0.05, 0.1) is 0 Å². The fourth-order valence-electron chi connectivity index (χ4n) is 2.04. The van der Waals surface area contributed by atoms with Crippen molar-refractivity contribution in [1.29, 1.82) is 0 Å². The quantitative estimate of drug-likeness (QED) is 0.890. The lowest BCUT2D eigenvalue weighted by atomic mass is 10.1. The van der Waals surface area contributed by atoms with Gasteiger partial charge in [-0.1, -0.05) is 11.6 Å². The van der Waals surface area contributed by atoms with Gasteiger partial charge in [0.2, 0.25) is 5.91 Å². The number of carbonyl (C=O) groups is 2. The number of aliphatic carboxylic acids is 1. The number of amides is 1. The number of carboxylic acid groups (broad SMARTS) is 1. The summed E-state index contributed by atoms with van der Waals surface area (Å²) in [5.74, 6) is -1.30. The first-order chi connectivity index (χ1) is 8.95. The molecular weight excluding hydrogens is 358 g/mol. The van der Waals surface area contributed by atoms with Crippen molar-refractivity contribution in [2.75, 3.05) is 13.2 Å². The van der Waals surface area contributed by atoms with Crippen LogP contribution in [-0.2, 0) is 14.3 Å². The third kappa shape index (κ3) is 2.79. The number of carboxylic acids is 1. The summed E-state index contributed by atoms with van der Waals surface area (Å²) in [5.41, 5.74) is 0. The third-order valence-corrected chi connectivity index (χ3v) is 5.41. The maximum absolute atomic E-state index is 11.8. The zero-order valence-electron chi connectivity index (χ0n) is 9.93. The van der Waals surface area contributed by atoms with Gasteiger partial charge < -0.3 is 14.7 Å². The van der Waals surface area contributed by atoms with Gasteiger partial charge in [0.1, 0.15) is 17.0 Å². The first-order valence-electron chi connectivity index (χ1n) is 5.54. The predicted octanol–water partition coefficient (Wildman–Crippen LogP) is 2.54. The van der Waals surface area contributed by atoms with E-state index in [1.807, 2.05) is 0 Å². The molecule has 104 valence electrons. The average molecular weight is 369 g/mol. The van der Waals surface area contributed by atoms with Gasteiger partial charge in [-0.25, -0.2) is 4.79 Å². The Hall–Kier alpha value is -0.630. The third-order valence-electron chi connectivity index (χ3n) is 2.87. The van der Waals surface area contributed by atoms with E-state index in [0.29, 0.717) is 20.2 Å². The minimum absolute atomic E-state index is 0.207. The summed E-state index contributed by atoms with van der Waals surface area (Å²) in [6.45, 7) is 2.02. The summed E-state index contributed by atoms with van der Waals surface area (Å²) >= 11 is 10.5. The highest BCUT2D eigenvalue weighted by molar-refractivity contribution is 9.10. The van der Waals surface area contributed by atoms with Crippen molar-refractivity contribution in [1.82, 2.24) is 4.90 Å². The predicted molar refractivity (Wildman–Crippen MR) is 74.5 cm³/mol. The minimum atomic E-state index is -1.09. The Balaban J connectivity index is 2.43. The largest absolute Gasteiger partial charge is 0.479 e. The molecule has 1 aromatic heterocycles. The normalized spacial score (nSPS) is 23.7. The second-order valence-corrected chi connectivity index (χ2v) is 6.51. The van der Waals surface area contributed by atoms with Crippen LogP contribution < -0.4 is 0 Å². The molecule has 1 aliphatic rings. The minimum Gasteiger partial charge on any atom is -0.479 e. The summed E-state index contributed by atoms with van der Waals surface area (Å²) in [4.78, 5) is 25.3. The van der Waals surface area contributed by atoms with Gasteiger partial charge in [0, 0.05) is 15.9 Å². The van der Waals surface area contributed by atoms with Crippen molar-refractivity contribution in [2.45, 2.75) is 19.1 Å². The molecular formula is C11H11BrClNO4S. The van der Waals surface area contributed by atoms with Crippen molar-refractivity contribution in [2.24, 2.45) is 0 Å². The number of rotatable bonds is 3. The molecule has 0 radical (unpaired) electrons. The molecule has 8 heteroatoms. The van der Waals surface area contributed by atoms with Crippen LogP contribution in [-0.4, -0.2) is 41.1 Å². The van der Waals surface area contributed by atoms with E-state index in [4.69, 9.17) is 16.3 Å². The molecule has 2 atom stereocenters. The molecule has 0 bridgehead atoms. The van der Waals surface area contributed by atoms with Crippen molar-refractivity contribution < 1.29 is 19.4 Å². The monoisotopic (exact) mass is 367 g/mol. The molecule has 1 saturated heterocycles. The van der Waals surface area contributed by atoms with E-state index in [-0.39, 0.29) is 12.5 Å². The van der Waals surface area contributed by atoms with Crippen LogP contribution in [0, 0.1) is 0 Å². The lowest BCUT2D eigenvalue weighted by Crippen LogP contribution is -2.51. The highest BCUT2D eigenvalue weighted by Gasteiger charge is 2.42. The molecule has 2 unspecified atom stereocenters. The number of carbonyl (C=O) groups excluding carboxylic acids is 1. The fourth-order valence-corrected chi connectivity index (χ4v) is 3.92. The summed E-state index contributed by atoms with van der Waals surface area (Å²) in [6, 6.07) is 1.09. The average Bonchev–Trinajstić information content (AvgIpc) is 2.68. The summed E-state index contributed by atoms with van der Waals surface area (Å²) < 4.78 is 6.37. The summed E-state index contributed by atoms with van der Waals surface area (Å²) in [5, 5.41) is 9.24. The van der Waals surface area contributed by atoms with E-state index >= 15 is 0 Å². The van der Waals surface area contributed by atoms with E-state index in [1.165, 1.54) is 16.2 Å². The maximum Gasteiger partial charge on any atom is 0.335 e. The number of halogens is 2. The summed E-state index contributed by atoms with van der Waals surface area (Å²) in [7, 11) is 0. The molecule has 0 spiro atoms. The van der Waals surface area contributed by atoms with Crippen molar-refractivity contribution in [3.05, 3.63) is 19.8 Å². The zero-order valence-corrected chi connectivity index (χ0v) is 13.1. The Morgan fingerprint density at radius 2 is 2.42 bits per heavy atom. The summed E-state index contributed by atoms with van der Waals surface area (Å²) in [6.07, 6.45) is -1.07. The van der Waals surface area contributed by atoms with Gasteiger partial charge in [-0.15, -0.1) is 11.3 Å². The number of thiophene rings is 1. The molecule has 1 N–H and O–H groups in total. The molecule has 0 saturated carbocycles. The molecule has 1 amide bonds. The topological polar surface area (TPSA) is 66.8 Å². The van der Waals surface area contributed by atoms with Crippen molar-refractivity contribution >= 4 is 50.7 Å². The fraction of sp³-hybridized carbons (Fsp3) is 0.455. The van der Waals surface area contributed by atoms with Crippen LogP contribution in [0.3, 0.4) is 0 Å². The first-order valence-corrected chi connectivity index (χ1v) is 7.53. The van der Waals surface area contributed by atoms with Gasteiger partial charge >= 0.3 is 5.97 Å². The second-order valence-electron chi connectivity index (χ2n) is 3.96. The Morgan fingerprint density at radius 1 is 1.74 bits per heavy atom. The maximum atomic E-state index is 11.8. The molecule has 19 heavy (non-hydrogen) atoms. The number of morpholine rings is 1. The van der Waals surface area contributed by atoms with Crippen LogP contribution >= 0.6 is 38.9 Å². The van der Waals surface area contributed by atoms with Gasteiger partial charge in [-0.05, 0) is 28.9 Å². The molecule has 2 rings (SSSR count). The van der Waals surface area contributed by atoms with Crippen LogP contribution in [0.4, 0.5) is 0 Å². The number of likely N-dealkylation sites (N-methyl/N-ethyl adjacent to an activating group) is 1. The van der Waals surface area contributed by atoms with Gasteiger partial charge in [0.25, 0.3) is 0 Å². The number of nitrogens with zero attached hydrogens (tertiary/aromatic N) is 1. The Labute approximate surface area is 127 Å². The van der Waals surface area contributed by atoms with Gasteiger partial charge in [-0.3, -0.25) is 4.79 Å². The van der Waals surface area contributed by atoms with Crippen LogP contribution in [0.5, 0.6) is 0 Å². The Kier molecular flexibility index (Phi) is 4.50. The van der Waals surface area contributed by atoms with E-state index in [0.717, 1.165) is 0 Å². The lowest BCUT2D eigenvalue weighted by Gasteiger charge is -2.38. The molecule has 0 aromatic carbocycles. The molecule has 1 aromatic rings. The van der Waals surface area contributed by atoms with E-state index in [1.54, 1.807) is 13.0 Å². The van der Waals surface area contributed by atoms with E-state index in [9.17, 15) is 14.7 Å². The van der Waals surface area contributed by atoms with Crippen LogP contribution in [0.2, 0.25) is 4.34 Å². The van der Waals surface area contributed by atoms with E-state index < -0.39 is 18.1 Å². The highest BCUT2D eigenvalue weighted by atomic mass is 79.9. The number of hydrogen-bond donors (Lipinski definition) is 1. The second kappa shape index (κ2) is 5.78. The SMILES string of the molecule is CCN1C(=O)COC(C(=O)O)C1c1cc(Br)c(Cl)s1. The van der Waals surface area contributed by atoms with Crippen LogP contribution in [0.25, 0.3) is 0 Å². The van der Waals surface area contributed by atoms with Crippen molar-refractivity contribution in [3.8, 4) is 0 Å². The van der Waals surface area contributed by atoms with Crippen LogP contribution in [0.15, 0.2) is 10.5 Å². The van der Waals surface area contributed by atoms with Gasteiger partial charge in [-0.2, -0.15) is 0 Å². The lowest BCUT2D eigenvalue weighted by molar-refractivity contribution is -0.172. The molecule has 0 aliphatic carbocycles. The van der Waals surface area contributed by atoms with E-state index in [2.05, 4.69) is 15.9 Å². The molecule has 2 heterocycles. The molecule has 1 aliphatic heterocycles.